The van der Waals surface area contributed by atoms with Gasteiger partial charge in [-0.2, -0.15) is 0 Å². The molecule has 0 bridgehead atoms. The lowest BCUT2D eigenvalue weighted by Crippen LogP contribution is -2.01. The van der Waals surface area contributed by atoms with E-state index in [4.69, 9.17) is 4.74 Å². The molecule has 6 heteroatoms. The Hall–Kier alpha value is -2.18. The molecular formula is C17H13BrN2O2S. The van der Waals surface area contributed by atoms with Gasteiger partial charge < -0.3 is 10.1 Å². The number of anilines is 2. The molecule has 1 N–H and O–H groups in total. The summed E-state index contributed by atoms with van der Waals surface area (Å²) in [6, 6.07) is 15.1. The number of nitrogens with zero attached hydrogens (tertiary/aromatic N) is 1. The van der Waals surface area contributed by atoms with Crippen molar-refractivity contribution in [3.8, 4) is 11.3 Å². The molecule has 0 fully saturated rings. The van der Waals surface area contributed by atoms with Gasteiger partial charge in [0.25, 0.3) is 0 Å². The quantitative estimate of drug-likeness (QED) is 0.631. The van der Waals surface area contributed by atoms with E-state index in [1.807, 2.05) is 35.7 Å². The molecule has 3 aromatic rings. The molecule has 1 aromatic heterocycles. The second-order valence-corrected chi connectivity index (χ2v) is 6.52. The van der Waals surface area contributed by atoms with E-state index in [2.05, 4.69) is 26.2 Å². The fraction of sp³-hybridized carbons (Fsp3) is 0.0588. The SMILES string of the molecule is COC(=O)c1cccc(Nc2nc(-c3ccc(Br)cc3)cs2)c1. The van der Waals surface area contributed by atoms with Crippen LogP contribution in [0, 0.1) is 0 Å². The lowest BCUT2D eigenvalue weighted by atomic mass is 10.2. The first-order valence-electron chi connectivity index (χ1n) is 6.82. The summed E-state index contributed by atoms with van der Waals surface area (Å²) in [6.07, 6.45) is 0. The first kappa shape index (κ1) is 15.7. The van der Waals surface area contributed by atoms with E-state index in [0.29, 0.717) is 5.56 Å². The summed E-state index contributed by atoms with van der Waals surface area (Å²) in [5.74, 6) is -0.358. The van der Waals surface area contributed by atoms with Crippen LogP contribution >= 0.6 is 27.3 Å². The van der Waals surface area contributed by atoms with Crippen molar-refractivity contribution in [3.05, 3.63) is 63.9 Å². The number of benzene rings is 2. The van der Waals surface area contributed by atoms with E-state index in [1.165, 1.54) is 18.4 Å². The standard InChI is InChI=1S/C17H13BrN2O2S/c1-22-16(21)12-3-2-4-14(9-12)19-17-20-15(10-23-17)11-5-7-13(18)8-6-11/h2-10H,1H3,(H,19,20). The molecule has 0 aliphatic heterocycles. The number of thiazole rings is 1. The molecular weight excluding hydrogens is 376 g/mol. The summed E-state index contributed by atoms with van der Waals surface area (Å²) in [5, 5.41) is 5.98. The van der Waals surface area contributed by atoms with Crippen molar-refractivity contribution in [2.24, 2.45) is 0 Å². The van der Waals surface area contributed by atoms with Crippen LogP contribution in [-0.4, -0.2) is 18.1 Å². The molecule has 1 heterocycles. The topological polar surface area (TPSA) is 51.2 Å². The number of hydrogen-bond donors (Lipinski definition) is 1. The van der Waals surface area contributed by atoms with Gasteiger partial charge in [-0.3, -0.25) is 0 Å². The van der Waals surface area contributed by atoms with Crippen LogP contribution in [0.15, 0.2) is 58.4 Å². The largest absolute Gasteiger partial charge is 0.465 e. The molecule has 0 saturated carbocycles. The summed E-state index contributed by atoms with van der Waals surface area (Å²) in [4.78, 5) is 16.1. The summed E-state index contributed by atoms with van der Waals surface area (Å²) in [5.41, 5.74) is 3.27. The van der Waals surface area contributed by atoms with Gasteiger partial charge in [-0.25, -0.2) is 9.78 Å². The molecule has 2 aromatic carbocycles. The zero-order valence-corrected chi connectivity index (χ0v) is 14.6. The van der Waals surface area contributed by atoms with Gasteiger partial charge in [-0.15, -0.1) is 11.3 Å². The van der Waals surface area contributed by atoms with Crippen LogP contribution in [0.4, 0.5) is 10.8 Å². The highest BCUT2D eigenvalue weighted by atomic mass is 79.9. The highest BCUT2D eigenvalue weighted by Crippen LogP contribution is 2.28. The van der Waals surface area contributed by atoms with Gasteiger partial charge in [0, 0.05) is 21.1 Å². The molecule has 4 nitrogen and oxygen atoms in total. The molecule has 0 saturated heterocycles. The van der Waals surface area contributed by atoms with E-state index in [0.717, 1.165) is 26.5 Å². The average Bonchev–Trinajstić information content (AvgIpc) is 3.03. The first-order valence-corrected chi connectivity index (χ1v) is 8.50. The smallest absolute Gasteiger partial charge is 0.337 e. The second-order valence-electron chi connectivity index (χ2n) is 4.74. The van der Waals surface area contributed by atoms with Gasteiger partial charge in [0.05, 0.1) is 18.4 Å². The molecule has 0 aliphatic carbocycles. The zero-order valence-electron chi connectivity index (χ0n) is 12.2. The lowest BCUT2D eigenvalue weighted by Gasteiger charge is -2.04. The monoisotopic (exact) mass is 388 g/mol. The van der Waals surface area contributed by atoms with E-state index < -0.39 is 0 Å². The van der Waals surface area contributed by atoms with Gasteiger partial charge in [-0.05, 0) is 30.3 Å². The van der Waals surface area contributed by atoms with Crippen LogP contribution in [0.2, 0.25) is 0 Å². The van der Waals surface area contributed by atoms with Crippen LogP contribution in [0.3, 0.4) is 0 Å². The Kier molecular flexibility index (Phi) is 4.73. The molecule has 3 rings (SSSR count). The predicted molar refractivity (Wildman–Crippen MR) is 96.3 cm³/mol. The van der Waals surface area contributed by atoms with Gasteiger partial charge >= 0.3 is 5.97 Å². The Labute approximate surface area is 146 Å². The van der Waals surface area contributed by atoms with E-state index in [9.17, 15) is 4.79 Å². The average molecular weight is 389 g/mol. The normalized spacial score (nSPS) is 10.3. The molecule has 0 unspecified atom stereocenters. The third-order valence-corrected chi connectivity index (χ3v) is 4.47. The number of nitrogens with one attached hydrogen (secondary N) is 1. The Morgan fingerprint density at radius 3 is 2.74 bits per heavy atom. The van der Waals surface area contributed by atoms with Crippen molar-refractivity contribution in [1.82, 2.24) is 4.98 Å². The number of hydrogen-bond acceptors (Lipinski definition) is 5. The van der Waals surface area contributed by atoms with Crippen LogP contribution in [-0.2, 0) is 4.74 Å². The highest BCUT2D eigenvalue weighted by molar-refractivity contribution is 9.10. The maximum Gasteiger partial charge on any atom is 0.337 e. The number of aromatic nitrogens is 1. The minimum atomic E-state index is -0.358. The highest BCUT2D eigenvalue weighted by Gasteiger charge is 2.08. The Bertz CT molecular complexity index is 831. The molecule has 0 spiro atoms. The fourth-order valence-corrected chi connectivity index (χ4v) is 3.05. The minimum absolute atomic E-state index is 0.358. The van der Waals surface area contributed by atoms with Crippen LogP contribution in [0.25, 0.3) is 11.3 Å². The Balaban J connectivity index is 1.79. The number of ether oxygens (including phenoxy) is 1. The van der Waals surface area contributed by atoms with Crippen LogP contribution < -0.4 is 5.32 Å². The third kappa shape index (κ3) is 3.78. The van der Waals surface area contributed by atoms with Crippen molar-refractivity contribution in [2.45, 2.75) is 0 Å². The zero-order chi connectivity index (χ0) is 16.2. The molecule has 23 heavy (non-hydrogen) atoms. The van der Waals surface area contributed by atoms with Crippen molar-refractivity contribution in [3.63, 3.8) is 0 Å². The van der Waals surface area contributed by atoms with Gasteiger partial charge in [0.15, 0.2) is 5.13 Å². The van der Waals surface area contributed by atoms with E-state index in [1.54, 1.807) is 18.2 Å². The van der Waals surface area contributed by atoms with Crippen LogP contribution in [0.5, 0.6) is 0 Å². The number of rotatable bonds is 4. The molecule has 0 radical (unpaired) electrons. The second kappa shape index (κ2) is 6.93. The maximum atomic E-state index is 11.6. The Morgan fingerprint density at radius 2 is 2.00 bits per heavy atom. The maximum absolute atomic E-state index is 11.6. The number of carbonyl (C=O) groups excluding carboxylic acids is 1. The summed E-state index contributed by atoms with van der Waals surface area (Å²) < 4.78 is 5.77. The van der Waals surface area contributed by atoms with Crippen molar-refractivity contribution in [1.29, 1.82) is 0 Å². The summed E-state index contributed by atoms with van der Waals surface area (Å²) in [6.45, 7) is 0. The molecule has 116 valence electrons. The first-order chi connectivity index (χ1) is 11.2. The number of halogens is 1. The van der Waals surface area contributed by atoms with Gasteiger partial charge in [0.2, 0.25) is 0 Å². The van der Waals surface area contributed by atoms with Crippen molar-refractivity contribution < 1.29 is 9.53 Å². The number of carbonyl (C=O) groups is 1. The summed E-state index contributed by atoms with van der Waals surface area (Å²) in [7, 11) is 1.37. The number of esters is 1. The third-order valence-electron chi connectivity index (χ3n) is 3.18. The van der Waals surface area contributed by atoms with Gasteiger partial charge in [0.1, 0.15) is 0 Å². The summed E-state index contributed by atoms with van der Waals surface area (Å²) >= 11 is 4.94. The van der Waals surface area contributed by atoms with E-state index >= 15 is 0 Å². The molecule has 0 amide bonds. The number of methoxy groups -OCH3 is 1. The lowest BCUT2D eigenvalue weighted by molar-refractivity contribution is 0.0601. The minimum Gasteiger partial charge on any atom is -0.465 e. The van der Waals surface area contributed by atoms with E-state index in [-0.39, 0.29) is 5.97 Å². The van der Waals surface area contributed by atoms with Crippen LogP contribution in [0.1, 0.15) is 10.4 Å². The predicted octanol–water partition coefficient (Wildman–Crippen LogP) is 5.10. The van der Waals surface area contributed by atoms with Crippen molar-refractivity contribution >= 4 is 44.1 Å². The van der Waals surface area contributed by atoms with Gasteiger partial charge in [-0.1, -0.05) is 34.1 Å². The Morgan fingerprint density at radius 1 is 1.22 bits per heavy atom. The molecule has 0 aliphatic rings. The fourth-order valence-electron chi connectivity index (χ4n) is 2.05. The van der Waals surface area contributed by atoms with Crippen molar-refractivity contribution in [2.75, 3.05) is 12.4 Å². The molecule has 0 atom stereocenters.